The third-order valence-electron chi connectivity index (χ3n) is 4.60. The Morgan fingerprint density at radius 3 is 2.85 bits per heavy atom. The summed E-state index contributed by atoms with van der Waals surface area (Å²) in [5.41, 5.74) is 1.99. The SMILES string of the molecule is CCCc1cc(=O)oc2c3c(c(Cl)cc12)OCN(c1ccc(Br)cc1F)C3. The van der Waals surface area contributed by atoms with Crippen LogP contribution in [0, 0.1) is 5.82 Å². The summed E-state index contributed by atoms with van der Waals surface area (Å²) in [6.07, 6.45) is 1.63. The number of benzene rings is 2. The van der Waals surface area contributed by atoms with Gasteiger partial charge in [-0.1, -0.05) is 40.9 Å². The molecule has 3 aromatic rings. The lowest BCUT2D eigenvalue weighted by Crippen LogP contribution is -2.33. The fourth-order valence-electron chi connectivity index (χ4n) is 3.42. The van der Waals surface area contributed by atoms with Gasteiger partial charge in [0.2, 0.25) is 0 Å². The minimum atomic E-state index is -0.414. The normalized spacial score (nSPS) is 13.6. The lowest BCUT2D eigenvalue weighted by atomic mass is 10.0. The van der Waals surface area contributed by atoms with Crippen LogP contribution in [0.15, 0.2) is 44.0 Å². The molecule has 4 nitrogen and oxygen atoms in total. The highest BCUT2D eigenvalue weighted by Crippen LogP contribution is 2.40. The Hall–Kier alpha value is -2.05. The van der Waals surface area contributed by atoms with E-state index in [2.05, 4.69) is 15.9 Å². The molecule has 1 aromatic heterocycles. The van der Waals surface area contributed by atoms with E-state index in [9.17, 15) is 9.18 Å². The molecule has 0 unspecified atom stereocenters. The van der Waals surface area contributed by atoms with Gasteiger partial charge in [0.25, 0.3) is 0 Å². The minimum absolute atomic E-state index is 0.148. The zero-order chi connectivity index (χ0) is 19.1. The standard InChI is InChI=1S/C20H16BrClFNO3/c1-2-3-11-6-18(25)27-19-13(11)8-15(22)20-14(19)9-24(10-26-20)17-5-4-12(21)7-16(17)23/h4-8H,2-3,9-10H2,1H3. The molecular formula is C20H16BrClFNO3. The van der Waals surface area contributed by atoms with Crippen LogP contribution in [0.4, 0.5) is 10.1 Å². The van der Waals surface area contributed by atoms with Crippen LogP contribution in [0.2, 0.25) is 5.02 Å². The first-order valence-electron chi connectivity index (χ1n) is 8.59. The second-order valence-corrected chi connectivity index (χ2v) is 7.77. The molecule has 0 aliphatic carbocycles. The van der Waals surface area contributed by atoms with Crippen molar-refractivity contribution in [2.45, 2.75) is 26.3 Å². The van der Waals surface area contributed by atoms with Crippen molar-refractivity contribution in [2.24, 2.45) is 0 Å². The van der Waals surface area contributed by atoms with E-state index in [-0.39, 0.29) is 12.5 Å². The lowest BCUT2D eigenvalue weighted by molar-refractivity contribution is 0.287. The van der Waals surface area contributed by atoms with Gasteiger partial charge in [-0.2, -0.15) is 0 Å². The van der Waals surface area contributed by atoms with Crippen LogP contribution in [0.1, 0.15) is 24.5 Å². The number of rotatable bonds is 3. The van der Waals surface area contributed by atoms with E-state index in [1.165, 1.54) is 12.1 Å². The van der Waals surface area contributed by atoms with Crippen LogP contribution in [-0.2, 0) is 13.0 Å². The maximum Gasteiger partial charge on any atom is 0.336 e. The van der Waals surface area contributed by atoms with E-state index in [0.29, 0.717) is 38.6 Å². The molecule has 0 fully saturated rings. The molecule has 0 saturated carbocycles. The zero-order valence-electron chi connectivity index (χ0n) is 14.5. The molecule has 0 amide bonds. The van der Waals surface area contributed by atoms with Crippen molar-refractivity contribution in [3.8, 4) is 5.75 Å². The lowest BCUT2D eigenvalue weighted by Gasteiger charge is -2.31. The van der Waals surface area contributed by atoms with E-state index in [4.69, 9.17) is 20.8 Å². The fourth-order valence-corrected chi connectivity index (χ4v) is 4.03. The predicted octanol–water partition coefficient (Wildman–Crippen LogP) is 5.66. The average molecular weight is 453 g/mol. The molecule has 140 valence electrons. The Morgan fingerprint density at radius 1 is 1.30 bits per heavy atom. The van der Waals surface area contributed by atoms with Gasteiger partial charge in [-0.25, -0.2) is 9.18 Å². The highest BCUT2D eigenvalue weighted by Gasteiger charge is 2.26. The van der Waals surface area contributed by atoms with E-state index >= 15 is 0 Å². The average Bonchev–Trinajstić information content (AvgIpc) is 2.63. The predicted molar refractivity (Wildman–Crippen MR) is 107 cm³/mol. The van der Waals surface area contributed by atoms with E-state index in [1.807, 2.05) is 6.92 Å². The summed E-state index contributed by atoms with van der Waals surface area (Å²) >= 11 is 9.70. The molecule has 0 radical (unpaired) electrons. The first-order chi connectivity index (χ1) is 13.0. The molecule has 0 atom stereocenters. The van der Waals surface area contributed by atoms with Crippen molar-refractivity contribution in [3.63, 3.8) is 0 Å². The fraction of sp³-hybridized carbons (Fsp3) is 0.250. The minimum Gasteiger partial charge on any atom is -0.471 e. The number of halogens is 3. The summed E-state index contributed by atoms with van der Waals surface area (Å²) in [7, 11) is 0. The van der Waals surface area contributed by atoms with Gasteiger partial charge < -0.3 is 14.1 Å². The Labute approximate surface area is 168 Å². The molecule has 0 bridgehead atoms. The van der Waals surface area contributed by atoms with E-state index in [0.717, 1.165) is 23.8 Å². The maximum absolute atomic E-state index is 14.4. The monoisotopic (exact) mass is 451 g/mol. The van der Waals surface area contributed by atoms with E-state index < -0.39 is 5.63 Å². The number of nitrogens with zero attached hydrogens (tertiary/aromatic N) is 1. The van der Waals surface area contributed by atoms with Gasteiger partial charge in [-0.05, 0) is 36.2 Å². The maximum atomic E-state index is 14.4. The molecule has 27 heavy (non-hydrogen) atoms. The number of anilines is 1. The Kier molecular flexibility index (Phi) is 4.86. The molecule has 2 heterocycles. The molecule has 2 aromatic carbocycles. The summed E-state index contributed by atoms with van der Waals surface area (Å²) in [6.45, 7) is 2.51. The number of fused-ring (bicyclic) bond motifs is 3. The molecule has 1 aliphatic rings. The molecule has 1 aliphatic heterocycles. The Balaban J connectivity index is 1.87. The quantitative estimate of drug-likeness (QED) is 0.481. The smallest absolute Gasteiger partial charge is 0.336 e. The van der Waals surface area contributed by atoms with Gasteiger partial charge in [0, 0.05) is 15.9 Å². The van der Waals surface area contributed by atoms with Crippen LogP contribution in [-0.4, -0.2) is 6.73 Å². The van der Waals surface area contributed by atoms with Crippen LogP contribution < -0.4 is 15.3 Å². The van der Waals surface area contributed by atoms with Gasteiger partial charge in [0.05, 0.1) is 22.8 Å². The van der Waals surface area contributed by atoms with Gasteiger partial charge in [0.1, 0.15) is 17.1 Å². The van der Waals surface area contributed by atoms with E-state index in [1.54, 1.807) is 23.1 Å². The van der Waals surface area contributed by atoms with Gasteiger partial charge in [-0.15, -0.1) is 0 Å². The van der Waals surface area contributed by atoms with Crippen LogP contribution in [0.25, 0.3) is 11.0 Å². The second-order valence-electron chi connectivity index (χ2n) is 6.45. The van der Waals surface area contributed by atoms with Crippen molar-refractivity contribution in [1.29, 1.82) is 0 Å². The van der Waals surface area contributed by atoms with Crippen molar-refractivity contribution in [1.82, 2.24) is 0 Å². The number of hydrogen-bond acceptors (Lipinski definition) is 4. The summed E-state index contributed by atoms with van der Waals surface area (Å²) in [5, 5.41) is 1.25. The Morgan fingerprint density at radius 2 is 2.11 bits per heavy atom. The molecule has 7 heteroatoms. The molecule has 4 rings (SSSR count). The summed E-state index contributed by atoms with van der Waals surface area (Å²) in [6, 6.07) is 8.13. The molecule has 0 saturated heterocycles. The van der Waals surface area contributed by atoms with Crippen molar-refractivity contribution < 1.29 is 13.5 Å². The van der Waals surface area contributed by atoms with Crippen molar-refractivity contribution >= 4 is 44.2 Å². The third kappa shape index (κ3) is 3.32. The first kappa shape index (κ1) is 18.3. The van der Waals surface area contributed by atoms with Crippen LogP contribution in [0.3, 0.4) is 0 Å². The Bertz CT molecular complexity index is 1100. The summed E-state index contributed by atoms with van der Waals surface area (Å²) < 4.78 is 26.4. The number of hydrogen-bond donors (Lipinski definition) is 0. The third-order valence-corrected chi connectivity index (χ3v) is 5.38. The first-order valence-corrected chi connectivity index (χ1v) is 9.76. The second kappa shape index (κ2) is 7.17. The largest absolute Gasteiger partial charge is 0.471 e. The number of ether oxygens (including phenoxy) is 1. The number of aryl methyl sites for hydroxylation is 1. The van der Waals surface area contributed by atoms with Gasteiger partial charge in [0.15, 0.2) is 6.73 Å². The topological polar surface area (TPSA) is 42.7 Å². The van der Waals surface area contributed by atoms with Crippen molar-refractivity contribution in [2.75, 3.05) is 11.6 Å². The summed E-state index contributed by atoms with van der Waals surface area (Å²) in [4.78, 5) is 13.8. The van der Waals surface area contributed by atoms with Gasteiger partial charge in [-0.3, -0.25) is 0 Å². The van der Waals surface area contributed by atoms with Crippen molar-refractivity contribution in [3.05, 3.63) is 67.2 Å². The highest BCUT2D eigenvalue weighted by molar-refractivity contribution is 9.10. The highest BCUT2D eigenvalue weighted by atomic mass is 79.9. The summed E-state index contributed by atoms with van der Waals surface area (Å²) in [5.74, 6) is 0.116. The van der Waals surface area contributed by atoms with Crippen LogP contribution in [0.5, 0.6) is 5.75 Å². The van der Waals surface area contributed by atoms with Gasteiger partial charge >= 0.3 is 5.63 Å². The molecule has 0 spiro atoms. The molecule has 0 N–H and O–H groups in total. The zero-order valence-corrected chi connectivity index (χ0v) is 16.9. The van der Waals surface area contributed by atoms with Crippen LogP contribution >= 0.6 is 27.5 Å². The molecular weight excluding hydrogens is 437 g/mol.